The molecule has 0 aromatic heterocycles. The number of rotatable bonds is 5. The van der Waals surface area contributed by atoms with E-state index in [0.717, 1.165) is 17.1 Å². The topological polar surface area (TPSA) is 38.0 Å². The van der Waals surface area contributed by atoms with Crippen molar-refractivity contribution in [3.63, 3.8) is 0 Å². The fraction of sp³-hybridized carbons (Fsp3) is 0.273. The van der Waals surface area contributed by atoms with E-state index in [4.69, 9.17) is 17.3 Å². The van der Waals surface area contributed by atoms with E-state index in [-0.39, 0.29) is 6.04 Å². The van der Waals surface area contributed by atoms with Crippen molar-refractivity contribution in [1.82, 2.24) is 5.32 Å². The van der Waals surface area contributed by atoms with E-state index < -0.39 is 0 Å². The molecule has 2 nitrogen and oxygen atoms in total. The van der Waals surface area contributed by atoms with Crippen LogP contribution in [0.25, 0.3) is 0 Å². The number of hydrogen-bond acceptors (Lipinski definition) is 2. The largest absolute Gasteiger partial charge is 0.329 e. The molecule has 76 valence electrons. The summed E-state index contributed by atoms with van der Waals surface area (Å²) in [5, 5.41) is 4.01. The van der Waals surface area contributed by atoms with Gasteiger partial charge in [-0.3, -0.25) is 0 Å². The van der Waals surface area contributed by atoms with Gasteiger partial charge < -0.3 is 11.1 Å². The van der Waals surface area contributed by atoms with Crippen LogP contribution in [0.2, 0.25) is 5.02 Å². The standard InChI is InChI=1S/C11H15ClN2/c1-2-7-14-11(8-13)9-3-5-10(12)6-4-9/h2-6,11,14H,1,7-8,13H2. The van der Waals surface area contributed by atoms with Gasteiger partial charge in [0.05, 0.1) is 0 Å². The van der Waals surface area contributed by atoms with Crippen molar-refractivity contribution < 1.29 is 0 Å². The fourth-order valence-corrected chi connectivity index (χ4v) is 1.38. The van der Waals surface area contributed by atoms with Gasteiger partial charge in [0.25, 0.3) is 0 Å². The lowest BCUT2D eigenvalue weighted by atomic mass is 10.1. The monoisotopic (exact) mass is 210 g/mol. The maximum Gasteiger partial charge on any atom is 0.0446 e. The summed E-state index contributed by atoms with van der Waals surface area (Å²) in [5.41, 5.74) is 6.81. The summed E-state index contributed by atoms with van der Waals surface area (Å²) in [6, 6.07) is 7.88. The molecule has 0 spiro atoms. The molecule has 3 heteroatoms. The predicted octanol–water partition coefficient (Wildman–Crippen LogP) is 2.12. The van der Waals surface area contributed by atoms with E-state index in [1.165, 1.54) is 0 Å². The van der Waals surface area contributed by atoms with Crippen LogP contribution in [0.3, 0.4) is 0 Å². The average molecular weight is 211 g/mol. The van der Waals surface area contributed by atoms with Gasteiger partial charge in [-0.05, 0) is 17.7 Å². The Kier molecular flexibility index (Phi) is 4.66. The lowest BCUT2D eigenvalue weighted by molar-refractivity contribution is 0.577. The molecule has 0 aliphatic heterocycles. The number of hydrogen-bond donors (Lipinski definition) is 2. The van der Waals surface area contributed by atoms with Crippen molar-refractivity contribution in [2.45, 2.75) is 6.04 Å². The summed E-state index contributed by atoms with van der Waals surface area (Å²) in [7, 11) is 0. The van der Waals surface area contributed by atoms with Gasteiger partial charge in [0.1, 0.15) is 0 Å². The summed E-state index contributed by atoms with van der Waals surface area (Å²) >= 11 is 5.80. The van der Waals surface area contributed by atoms with Crippen molar-refractivity contribution in [3.8, 4) is 0 Å². The highest BCUT2D eigenvalue weighted by atomic mass is 35.5. The minimum Gasteiger partial charge on any atom is -0.329 e. The molecule has 0 bridgehead atoms. The molecule has 0 radical (unpaired) electrons. The molecule has 14 heavy (non-hydrogen) atoms. The Labute approximate surface area is 89.8 Å². The zero-order valence-corrected chi connectivity index (χ0v) is 8.80. The number of nitrogens with one attached hydrogen (secondary N) is 1. The van der Waals surface area contributed by atoms with Gasteiger partial charge in [0, 0.05) is 24.2 Å². The zero-order valence-electron chi connectivity index (χ0n) is 8.04. The molecule has 0 saturated carbocycles. The van der Waals surface area contributed by atoms with Gasteiger partial charge in [-0.2, -0.15) is 0 Å². The summed E-state index contributed by atoms with van der Waals surface area (Å²) < 4.78 is 0. The maximum absolute atomic E-state index is 5.80. The predicted molar refractivity (Wildman–Crippen MR) is 61.4 cm³/mol. The van der Waals surface area contributed by atoms with E-state index in [9.17, 15) is 0 Å². The van der Waals surface area contributed by atoms with Crippen LogP contribution in [-0.4, -0.2) is 13.1 Å². The van der Waals surface area contributed by atoms with E-state index in [0.29, 0.717) is 6.54 Å². The Hall–Kier alpha value is -0.830. The summed E-state index contributed by atoms with van der Waals surface area (Å²) in [5.74, 6) is 0. The highest BCUT2D eigenvalue weighted by Gasteiger charge is 2.06. The van der Waals surface area contributed by atoms with Crippen molar-refractivity contribution in [3.05, 3.63) is 47.5 Å². The first kappa shape index (κ1) is 11.2. The third kappa shape index (κ3) is 3.14. The number of halogens is 1. The lowest BCUT2D eigenvalue weighted by Gasteiger charge is -2.15. The molecule has 1 atom stereocenters. The van der Waals surface area contributed by atoms with Crippen LogP contribution in [0, 0.1) is 0 Å². The van der Waals surface area contributed by atoms with Crippen molar-refractivity contribution in [2.24, 2.45) is 5.73 Å². The van der Waals surface area contributed by atoms with Gasteiger partial charge in [-0.15, -0.1) is 6.58 Å². The molecule has 1 aromatic rings. The zero-order chi connectivity index (χ0) is 10.4. The molecule has 0 aliphatic rings. The number of nitrogens with two attached hydrogens (primary N) is 1. The SMILES string of the molecule is C=CCNC(CN)c1ccc(Cl)cc1. The summed E-state index contributed by atoms with van der Waals surface area (Å²) in [6.07, 6.45) is 1.82. The van der Waals surface area contributed by atoms with Crippen LogP contribution in [0.15, 0.2) is 36.9 Å². The minimum absolute atomic E-state index is 0.172. The second-order valence-electron chi connectivity index (χ2n) is 3.04. The first-order valence-corrected chi connectivity index (χ1v) is 4.95. The Morgan fingerprint density at radius 3 is 2.57 bits per heavy atom. The molecule has 1 rings (SSSR count). The van der Waals surface area contributed by atoms with E-state index in [1.54, 1.807) is 0 Å². The Morgan fingerprint density at radius 1 is 1.43 bits per heavy atom. The van der Waals surface area contributed by atoms with Crippen molar-refractivity contribution in [2.75, 3.05) is 13.1 Å². The molecular weight excluding hydrogens is 196 g/mol. The van der Waals surface area contributed by atoms with E-state index in [1.807, 2.05) is 30.3 Å². The Bertz CT molecular complexity index is 282. The normalized spacial score (nSPS) is 12.4. The second-order valence-corrected chi connectivity index (χ2v) is 3.47. The van der Waals surface area contributed by atoms with Gasteiger partial charge in [-0.25, -0.2) is 0 Å². The third-order valence-corrected chi connectivity index (χ3v) is 2.27. The first-order valence-electron chi connectivity index (χ1n) is 4.57. The first-order chi connectivity index (χ1) is 6.77. The molecule has 0 saturated heterocycles. The summed E-state index contributed by atoms with van der Waals surface area (Å²) in [6.45, 7) is 4.97. The quantitative estimate of drug-likeness (QED) is 0.731. The second kappa shape index (κ2) is 5.81. The van der Waals surface area contributed by atoms with Crippen LogP contribution in [-0.2, 0) is 0 Å². The van der Waals surface area contributed by atoms with E-state index in [2.05, 4.69) is 11.9 Å². The molecular formula is C11H15ClN2. The molecule has 1 unspecified atom stereocenters. The third-order valence-electron chi connectivity index (χ3n) is 2.02. The van der Waals surface area contributed by atoms with Gasteiger partial charge in [-0.1, -0.05) is 29.8 Å². The van der Waals surface area contributed by atoms with Crippen molar-refractivity contribution >= 4 is 11.6 Å². The van der Waals surface area contributed by atoms with Crippen LogP contribution < -0.4 is 11.1 Å². The Morgan fingerprint density at radius 2 is 2.07 bits per heavy atom. The number of benzene rings is 1. The lowest BCUT2D eigenvalue weighted by Crippen LogP contribution is -2.28. The molecule has 3 N–H and O–H groups in total. The smallest absolute Gasteiger partial charge is 0.0446 e. The highest BCUT2D eigenvalue weighted by molar-refractivity contribution is 6.30. The van der Waals surface area contributed by atoms with Crippen LogP contribution in [0.5, 0.6) is 0 Å². The van der Waals surface area contributed by atoms with Crippen molar-refractivity contribution in [1.29, 1.82) is 0 Å². The minimum atomic E-state index is 0.172. The molecule has 1 aromatic carbocycles. The molecule has 0 heterocycles. The van der Waals surface area contributed by atoms with E-state index >= 15 is 0 Å². The summed E-state index contributed by atoms with van der Waals surface area (Å²) in [4.78, 5) is 0. The maximum atomic E-state index is 5.80. The van der Waals surface area contributed by atoms with Gasteiger partial charge in [0.15, 0.2) is 0 Å². The van der Waals surface area contributed by atoms with Crippen LogP contribution in [0.4, 0.5) is 0 Å². The highest BCUT2D eigenvalue weighted by Crippen LogP contribution is 2.15. The van der Waals surface area contributed by atoms with Gasteiger partial charge >= 0.3 is 0 Å². The van der Waals surface area contributed by atoms with Gasteiger partial charge in [0.2, 0.25) is 0 Å². The Balaban J connectivity index is 2.68. The molecule has 0 fully saturated rings. The fourth-order valence-electron chi connectivity index (χ4n) is 1.26. The molecule has 0 aliphatic carbocycles. The van der Waals surface area contributed by atoms with Crippen LogP contribution in [0.1, 0.15) is 11.6 Å². The average Bonchev–Trinajstić information content (AvgIpc) is 2.21. The molecule has 0 amide bonds. The van der Waals surface area contributed by atoms with Crippen LogP contribution >= 0.6 is 11.6 Å².